The first-order valence-corrected chi connectivity index (χ1v) is 12.3. The second kappa shape index (κ2) is 11.9. The molecular weight excluding hydrogens is 521 g/mol. The fraction of sp³-hybridized carbons (Fsp3) is 0.0800. The van der Waals surface area contributed by atoms with Crippen LogP contribution in [-0.2, 0) is 9.53 Å². The second-order valence-corrected chi connectivity index (χ2v) is 9.14. The highest BCUT2D eigenvalue weighted by Crippen LogP contribution is 2.29. The third kappa shape index (κ3) is 6.31. The Hall–Kier alpha value is -3.66. The van der Waals surface area contributed by atoms with Gasteiger partial charge in [0, 0.05) is 21.3 Å². The number of benzene rings is 3. The lowest BCUT2D eigenvalue weighted by molar-refractivity contribution is -0.118. The molecule has 0 aliphatic rings. The molecule has 1 aromatic heterocycles. The number of carbonyl (C=O) groups excluding carboxylic acids is 2. The molecule has 0 radical (unpaired) electrons. The molecule has 0 saturated carbocycles. The molecule has 182 valence electrons. The fourth-order valence-electron chi connectivity index (χ4n) is 3.14. The summed E-state index contributed by atoms with van der Waals surface area (Å²) in [7, 11) is 1.32. The number of carbonyl (C=O) groups is 2. The van der Waals surface area contributed by atoms with Gasteiger partial charge in [0.2, 0.25) is 0 Å². The van der Waals surface area contributed by atoms with Crippen molar-refractivity contribution < 1.29 is 14.3 Å². The second-order valence-electron chi connectivity index (χ2n) is 7.32. The molecule has 3 aromatic carbocycles. The van der Waals surface area contributed by atoms with E-state index in [9.17, 15) is 9.59 Å². The molecule has 0 saturated heterocycles. The summed E-state index contributed by atoms with van der Waals surface area (Å²) in [6.07, 6.45) is 1.48. The van der Waals surface area contributed by atoms with Gasteiger partial charge in [-0.05, 0) is 66.2 Å². The number of aromatic nitrogens is 3. The standard InChI is InChI=1S/C25H19Cl2N5O3S/c1-35-24(34)18-4-2-16(3-5-18)14-28-29-22(33)15-36-25-31-30-23(17-6-8-19(26)9-7-17)32(25)21-12-10-20(27)11-13-21/h2-14H,15H2,1H3,(H,29,33). The van der Waals surface area contributed by atoms with Crippen molar-refractivity contribution in [3.05, 3.63) is 94.0 Å². The van der Waals surface area contributed by atoms with Crippen molar-refractivity contribution in [2.75, 3.05) is 12.9 Å². The molecule has 4 aromatic rings. The van der Waals surface area contributed by atoms with E-state index in [2.05, 4.69) is 25.5 Å². The van der Waals surface area contributed by atoms with Gasteiger partial charge in [0.15, 0.2) is 11.0 Å². The Morgan fingerprint density at radius 3 is 2.25 bits per heavy atom. The Balaban J connectivity index is 1.45. The Kier molecular flexibility index (Phi) is 8.37. The van der Waals surface area contributed by atoms with Gasteiger partial charge in [0.1, 0.15) is 0 Å². The highest BCUT2D eigenvalue weighted by molar-refractivity contribution is 7.99. The summed E-state index contributed by atoms with van der Waals surface area (Å²) in [5.74, 6) is -0.0775. The maximum absolute atomic E-state index is 12.4. The van der Waals surface area contributed by atoms with E-state index in [4.69, 9.17) is 23.2 Å². The number of thioether (sulfide) groups is 1. The zero-order valence-electron chi connectivity index (χ0n) is 18.9. The number of hydrazone groups is 1. The van der Waals surface area contributed by atoms with Crippen LogP contribution in [0.15, 0.2) is 83.1 Å². The van der Waals surface area contributed by atoms with Crippen LogP contribution in [0.2, 0.25) is 10.0 Å². The molecule has 36 heavy (non-hydrogen) atoms. The summed E-state index contributed by atoms with van der Waals surface area (Å²) >= 11 is 13.3. The number of esters is 1. The molecule has 8 nitrogen and oxygen atoms in total. The number of methoxy groups -OCH3 is 1. The quantitative estimate of drug-likeness (QED) is 0.142. The molecule has 0 unspecified atom stereocenters. The van der Waals surface area contributed by atoms with Crippen LogP contribution in [0.25, 0.3) is 17.1 Å². The van der Waals surface area contributed by atoms with Gasteiger partial charge < -0.3 is 4.74 Å². The van der Waals surface area contributed by atoms with E-state index < -0.39 is 5.97 Å². The zero-order valence-corrected chi connectivity index (χ0v) is 21.2. The third-order valence-corrected chi connectivity index (χ3v) is 6.32. The maximum Gasteiger partial charge on any atom is 0.337 e. The van der Waals surface area contributed by atoms with Crippen molar-refractivity contribution in [1.29, 1.82) is 0 Å². The first kappa shape index (κ1) is 25.4. The molecule has 0 fully saturated rings. The fourth-order valence-corrected chi connectivity index (χ4v) is 4.13. The number of hydrogen-bond donors (Lipinski definition) is 1. The summed E-state index contributed by atoms with van der Waals surface area (Å²) in [4.78, 5) is 23.9. The van der Waals surface area contributed by atoms with Crippen molar-refractivity contribution >= 4 is 53.1 Å². The van der Waals surface area contributed by atoms with Gasteiger partial charge >= 0.3 is 5.97 Å². The largest absolute Gasteiger partial charge is 0.465 e. The molecule has 1 amide bonds. The van der Waals surface area contributed by atoms with Crippen molar-refractivity contribution in [3.63, 3.8) is 0 Å². The lowest BCUT2D eigenvalue weighted by atomic mass is 10.1. The normalized spacial score (nSPS) is 11.0. The zero-order chi connectivity index (χ0) is 25.5. The highest BCUT2D eigenvalue weighted by atomic mass is 35.5. The van der Waals surface area contributed by atoms with E-state index >= 15 is 0 Å². The average Bonchev–Trinajstić information content (AvgIpc) is 3.32. The first-order chi connectivity index (χ1) is 17.4. The number of ether oxygens (including phenoxy) is 1. The van der Waals surface area contributed by atoms with E-state index in [1.54, 1.807) is 48.5 Å². The monoisotopic (exact) mass is 539 g/mol. The minimum atomic E-state index is -0.422. The van der Waals surface area contributed by atoms with E-state index in [1.165, 1.54) is 25.1 Å². The summed E-state index contributed by atoms with van der Waals surface area (Å²) in [5, 5.41) is 14.4. The van der Waals surface area contributed by atoms with Crippen molar-refractivity contribution in [3.8, 4) is 17.1 Å². The molecule has 0 atom stereocenters. The predicted octanol–water partition coefficient (Wildman–Crippen LogP) is 5.27. The number of hydrogen-bond acceptors (Lipinski definition) is 7. The molecule has 11 heteroatoms. The van der Waals surface area contributed by atoms with Gasteiger partial charge in [-0.1, -0.05) is 47.1 Å². The van der Waals surface area contributed by atoms with Crippen LogP contribution in [-0.4, -0.2) is 45.7 Å². The highest BCUT2D eigenvalue weighted by Gasteiger charge is 2.17. The van der Waals surface area contributed by atoms with Gasteiger partial charge in [0.05, 0.1) is 24.6 Å². The third-order valence-electron chi connectivity index (χ3n) is 4.89. The van der Waals surface area contributed by atoms with Crippen LogP contribution in [0.1, 0.15) is 15.9 Å². The smallest absolute Gasteiger partial charge is 0.337 e. The van der Waals surface area contributed by atoms with Gasteiger partial charge in [-0.3, -0.25) is 9.36 Å². The number of nitrogens with one attached hydrogen (secondary N) is 1. The van der Waals surface area contributed by atoms with Crippen LogP contribution < -0.4 is 5.43 Å². The molecule has 0 aliphatic carbocycles. The Bertz CT molecular complexity index is 1390. The first-order valence-electron chi connectivity index (χ1n) is 10.5. The van der Waals surface area contributed by atoms with Gasteiger partial charge in [-0.25, -0.2) is 10.2 Å². The summed E-state index contributed by atoms with van der Waals surface area (Å²) in [5.41, 5.74) is 5.25. The summed E-state index contributed by atoms with van der Waals surface area (Å²) in [6, 6.07) is 21.1. The summed E-state index contributed by atoms with van der Waals surface area (Å²) in [6.45, 7) is 0. The van der Waals surface area contributed by atoms with Crippen LogP contribution in [0.5, 0.6) is 0 Å². The SMILES string of the molecule is COC(=O)c1ccc(C=NNC(=O)CSc2nnc(-c3ccc(Cl)cc3)n2-c2ccc(Cl)cc2)cc1. The van der Waals surface area contributed by atoms with Crippen molar-refractivity contribution in [2.24, 2.45) is 5.10 Å². The van der Waals surface area contributed by atoms with Crippen LogP contribution in [0.3, 0.4) is 0 Å². The minimum absolute atomic E-state index is 0.0605. The molecule has 0 aliphatic heterocycles. The molecule has 0 spiro atoms. The molecule has 0 bridgehead atoms. The predicted molar refractivity (Wildman–Crippen MR) is 141 cm³/mol. The molecule has 1 heterocycles. The average molecular weight is 540 g/mol. The van der Waals surface area contributed by atoms with E-state index in [-0.39, 0.29) is 11.7 Å². The molecule has 1 N–H and O–H groups in total. The lowest BCUT2D eigenvalue weighted by Gasteiger charge is -2.10. The van der Waals surface area contributed by atoms with E-state index in [0.717, 1.165) is 11.3 Å². The van der Waals surface area contributed by atoms with Crippen molar-refractivity contribution in [2.45, 2.75) is 5.16 Å². The number of rotatable bonds is 8. The van der Waals surface area contributed by atoms with Crippen molar-refractivity contribution in [1.82, 2.24) is 20.2 Å². The molecular formula is C25H19Cl2N5O3S. The Morgan fingerprint density at radius 1 is 0.972 bits per heavy atom. The summed E-state index contributed by atoms with van der Waals surface area (Å²) < 4.78 is 6.52. The van der Waals surface area contributed by atoms with E-state index in [1.807, 2.05) is 28.8 Å². The Morgan fingerprint density at radius 2 is 1.61 bits per heavy atom. The van der Waals surface area contributed by atoms with Gasteiger partial charge in [0.25, 0.3) is 5.91 Å². The molecule has 4 rings (SSSR count). The van der Waals surface area contributed by atoms with Gasteiger partial charge in [-0.2, -0.15) is 5.10 Å². The topological polar surface area (TPSA) is 98.5 Å². The maximum atomic E-state index is 12.4. The number of nitrogens with zero attached hydrogens (tertiary/aromatic N) is 4. The number of halogens is 2. The Labute approximate surface area is 221 Å². The van der Waals surface area contributed by atoms with Crippen LogP contribution in [0.4, 0.5) is 0 Å². The minimum Gasteiger partial charge on any atom is -0.465 e. The van der Waals surface area contributed by atoms with E-state index in [0.29, 0.717) is 32.2 Å². The number of amides is 1. The van der Waals surface area contributed by atoms with Crippen LogP contribution >= 0.6 is 35.0 Å². The van der Waals surface area contributed by atoms with Crippen LogP contribution in [0, 0.1) is 0 Å². The lowest BCUT2D eigenvalue weighted by Crippen LogP contribution is -2.20. The van der Waals surface area contributed by atoms with Gasteiger partial charge in [-0.15, -0.1) is 10.2 Å².